The molecule has 0 aliphatic heterocycles. The van der Waals surface area contributed by atoms with Gasteiger partial charge < -0.3 is 10.5 Å². The van der Waals surface area contributed by atoms with Gasteiger partial charge in [-0.1, -0.05) is 46.3 Å². The first-order valence-corrected chi connectivity index (χ1v) is 7.21. The minimum atomic E-state index is 0.527. The van der Waals surface area contributed by atoms with Gasteiger partial charge in [0, 0.05) is 16.4 Å². The first-order valence-electron chi connectivity index (χ1n) is 6.42. The van der Waals surface area contributed by atoms with Crippen molar-refractivity contribution in [3.05, 3.63) is 70.7 Å². The Labute approximate surface area is 126 Å². The summed E-state index contributed by atoms with van der Waals surface area (Å²) in [5.74, 6) is 1.67. The molecule has 0 aliphatic rings. The monoisotopic (exact) mass is 327 g/mol. The lowest BCUT2D eigenvalue weighted by atomic mass is 10.0. The van der Waals surface area contributed by atoms with Crippen LogP contribution in [0.4, 0.5) is 0 Å². The Bertz CT molecular complexity index is 738. The standard InChI is InChI=1S/C17H14BrNO/c18-13-6-8-14(9-7-13)20-17-10-5-12(11-19)15-3-1-2-4-16(15)17/h1-10H,11,19H2. The van der Waals surface area contributed by atoms with Gasteiger partial charge in [0.25, 0.3) is 0 Å². The van der Waals surface area contributed by atoms with Crippen molar-refractivity contribution >= 4 is 26.7 Å². The molecule has 3 rings (SSSR count). The molecule has 0 radical (unpaired) electrons. The van der Waals surface area contributed by atoms with E-state index in [1.54, 1.807) is 0 Å². The minimum absolute atomic E-state index is 0.527. The van der Waals surface area contributed by atoms with Gasteiger partial charge >= 0.3 is 0 Å². The Hall–Kier alpha value is -1.84. The van der Waals surface area contributed by atoms with Crippen molar-refractivity contribution in [3.8, 4) is 11.5 Å². The van der Waals surface area contributed by atoms with Crippen molar-refractivity contribution < 1.29 is 4.74 Å². The van der Waals surface area contributed by atoms with E-state index in [9.17, 15) is 0 Å². The number of benzene rings is 3. The molecule has 0 saturated carbocycles. The van der Waals surface area contributed by atoms with Gasteiger partial charge in [-0.05, 0) is 41.3 Å². The highest BCUT2D eigenvalue weighted by Gasteiger charge is 2.06. The predicted octanol–water partition coefficient (Wildman–Crippen LogP) is 4.85. The molecule has 3 heteroatoms. The Kier molecular flexibility index (Phi) is 3.72. The van der Waals surface area contributed by atoms with E-state index in [0.717, 1.165) is 32.3 Å². The Balaban J connectivity index is 2.06. The summed E-state index contributed by atoms with van der Waals surface area (Å²) in [5, 5.41) is 2.22. The maximum Gasteiger partial charge on any atom is 0.135 e. The third-order valence-electron chi connectivity index (χ3n) is 3.24. The van der Waals surface area contributed by atoms with E-state index in [-0.39, 0.29) is 0 Å². The fourth-order valence-electron chi connectivity index (χ4n) is 2.23. The van der Waals surface area contributed by atoms with Crippen LogP contribution in [-0.4, -0.2) is 0 Å². The van der Waals surface area contributed by atoms with Crippen LogP contribution in [0.1, 0.15) is 5.56 Å². The maximum atomic E-state index is 5.98. The van der Waals surface area contributed by atoms with E-state index in [4.69, 9.17) is 10.5 Å². The lowest BCUT2D eigenvalue weighted by Gasteiger charge is -2.11. The molecule has 3 aromatic rings. The molecule has 0 heterocycles. The molecule has 0 amide bonds. The zero-order valence-corrected chi connectivity index (χ0v) is 12.4. The van der Waals surface area contributed by atoms with Crippen LogP contribution in [0.5, 0.6) is 11.5 Å². The highest BCUT2D eigenvalue weighted by molar-refractivity contribution is 9.10. The summed E-state index contributed by atoms with van der Waals surface area (Å²) in [6, 6.07) is 20.0. The van der Waals surface area contributed by atoms with E-state index in [1.165, 1.54) is 0 Å². The predicted molar refractivity (Wildman–Crippen MR) is 86.1 cm³/mol. The van der Waals surface area contributed by atoms with Crippen LogP contribution in [0.3, 0.4) is 0 Å². The summed E-state index contributed by atoms with van der Waals surface area (Å²) in [7, 11) is 0. The molecule has 2 nitrogen and oxygen atoms in total. The minimum Gasteiger partial charge on any atom is -0.457 e. The Morgan fingerprint density at radius 3 is 2.25 bits per heavy atom. The fraction of sp³-hybridized carbons (Fsp3) is 0.0588. The fourth-order valence-corrected chi connectivity index (χ4v) is 2.49. The van der Waals surface area contributed by atoms with E-state index < -0.39 is 0 Å². The second-order valence-electron chi connectivity index (χ2n) is 4.53. The van der Waals surface area contributed by atoms with Crippen molar-refractivity contribution in [1.82, 2.24) is 0 Å². The normalized spacial score (nSPS) is 10.7. The Morgan fingerprint density at radius 1 is 0.850 bits per heavy atom. The number of ether oxygens (including phenoxy) is 1. The molecule has 2 N–H and O–H groups in total. The molecule has 100 valence electrons. The van der Waals surface area contributed by atoms with Crippen LogP contribution in [0, 0.1) is 0 Å². The van der Waals surface area contributed by atoms with E-state index in [1.807, 2.05) is 48.5 Å². The van der Waals surface area contributed by atoms with Crippen molar-refractivity contribution in [1.29, 1.82) is 0 Å². The van der Waals surface area contributed by atoms with Crippen LogP contribution >= 0.6 is 15.9 Å². The molecule has 0 atom stereocenters. The SMILES string of the molecule is NCc1ccc(Oc2ccc(Br)cc2)c2ccccc12. The molecule has 0 aliphatic carbocycles. The third kappa shape index (κ3) is 2.55. The first kappa shape index (κ1) is 13.2. The number of rotatable bonds is 3. The van der Waals surface area contributed by atoms with Gasteiger partial charge in [0.15, 0.2) is 0 Å². The van der Waals surface area contributed by atoms with Crippen molar-refractivity contribution in [2.75, 3.05) is 0 Å². The summed E-state index contributed by atoms with van der Waals surface area (Å²) >= 11 is 3.42. The van der Waals surface area contributed by atoms with Crippen molar-refractivity contribution in [2.24, 2.45) is 5.73 Å². The van der Waals surface area contributed by atoms with Gasteiger partial charge in [0.1, 0.15) is 11.5 Å². The van der Waals surface area contributed by atoms with E-state index in [0.29, 0.717) is 6.54 Å². The molecular formula is C17H14BrNO. The quantitative estimate of drug-likeness (QED) is 0.746. The summed E-state index contributed by atoms with van der Waals surface area (Å²) in [6.07, 6.45) is 0. The van der Waals surface area contributed by atoms with Crippen LogP contribution in [0.15, 0.2) is 65.1 Å². The molecule has 20 heavy (non-hydrogen) atoms. The maximum absolute atomic E-state index is 5.98. The zero-order chi connectivity index (χ0) is 13.9. The molecule has 0 bridgehead atoms. The van der Waals surface area contributed by atoms with Crippen LogP contribution in [-0.2, 0) is 6.54 Å². The van der Waals surface area contributed by atoms with Gasteiger partial charge in [-0.15, -0.1) is 0 Å². The summed E-state index contributed by atoms with van der Waals surface area (Å²) in [5.41, 5.74) is 6.92. The van der Waals surface area contributed by atoms with E-state index >= 15 is 0 Å². The van der Waals surface area contributed by atoms with Crippen molar-refractivity contribution in [2.45, 2.75) is 6.54 Å². The summed E-state index contributed by atoms with van der Waals surface area (Å²) in [4.78, 5) is 0. The lowest BCUT2D eigenvalue weighted by Crippen LogP contribution is -1.97. The van der Waals surface area contributed by atoms with Gasteiger partial charge in [0.05, 0.1) is 0 Å². The van der Waals surface area contributed by atoms with Crippen LogP contribution in [0.25, 0.3) is 10.8 Å². The van der Waals surface area contributed by atoms with Gasteiger partial charge in [-0.3, -0.25) is 0 Å². The molecule has 0 fully saturated rings. The van der Waals surface area contributed by atoms with Gasteiger partial charge in [-0.2, -0.15) is 0 Å². The second-order valence-corrected chi connectivity index (χ2v) is 5.44. The number of hydrogen-bond donors (Lipinski definition) is 1. The highest BCUT2D eigenvalue weighted by atomic mass is 79.9. The number of nitrogens with two attached hydrogens (primary N) is 1. The average Bonchev–Trinajstić information content (AvgIpc) is 2.50. The molecule has 3 aromatic carbocycles. The zero-order valence-electron chi connectivity index (χ0n) is 10.8. The molecule has 0 spiro atoms. The lowest BCUT2D eigenvalue weighted by molar-refractivity contribution is 0.488. The molecule has 0 aromatic heterocycles. The number of halogens is 1. The number of hydrogen-bond acceptors (Lipinski definition) is 2. The van der Waals surface area contributed by atoms with Gasteiger partial charge in [0.2, 0.25) is 0 Å². The van der Waals surface area contributed by atoms with E-state index in [2.05, 4.69) is 28.1 Å². The van der Waals surface area contributed by atoms with Crippen molar-refractivity contribution in [3.63, 3.8) is 0 Å². The molecule has 0 unspecified atom stereocenters. The van der Waals surface area contributed by atoms with Crippen LogP contribution < -0.4 is 10.5 Å². The molecule has 0 saturated heterocycles. The largest absolute Gasteiger partial charge is 0.457 e. The second kappa shape index (κ2) is 5.65. The molecular weight excluding hydrogens is 314 g/mol. The smallest absolute Gasteiger partial charge is 0.135 e. The first-order chi connectivity index (χ1) is 9.78. The third-order valence-corrected chi connectivity index (χ3v) is 3.76. The van der Waals surface area contributed by atoms with Crippen LogP contribution in [0.2, 0.25) is 0 Å². The van der Waals surface area contributed by atoms with Gasteiger partial charge in [-0.25, -0.2) is 0 Å². The highest BCUT2D eigenvalue weighted by Crippen LogP contribution is 2.32. The number of fused-ring (bicyclic) bond motifs is 1. The summed E-state index contributed by atoms with van der Waals surface area (Å²) in [6.45, 7) is 0.527. The average molecular weight is 328 g/mol. The Morgan fingerprint density at radius 2 is 1.55 bits per heavy atom. The summed E-state index contributed by atoms with van der Waals surface area (Å²) < 4.78 is 7.02. The topological polar surface area (TPSA) is 35.2 Å².